The van der Waals surface area contributed by atoms with Crippen LogP contribution in [0.5, 0.6) is 0 Å². The van der Waals surface area contributed by atoms with Crippen molar-refractivity contribution in [3.8, 4) is 0 Å². The number of carbonyl (C=O) groups excluding carboxylic acids is 2. The quantitative estimate of drug-likeness (QED) is 0.244. The number of nitrogens with one attached hydrogen (secondary N) is 3. The highest BCUT2D eigenvalue weighted by Crippen LogP contribution is 2.38. The van der Waals surface area contributed by atoms with E-state index in [4.69, 9.17) is 11.6 Å². The van der Waals surface area contributed by atoms with Gasteiger partial charge in [-0.05, 0) is 67.9 Å². The van der Waals surface area contributed by atoms with Gasteiger partial charge < -0.3 is 16.0 Å². The van der Waals surface area contributed by atoms with E-state index in [1.165, 1.54) is 6.20 Å². The molecule has 9 heteroatoms. The molecule has 3 N–H and O–H groups in total. The number of allylic oxidation sites excluding steroid dienone is 1. The minimum absolute atomic E-state index is 0.285. The van der Waals surface area contributed by atoms with Crippen LogP contribution in [0.25, 0.3) is 0 Å². The summed E-state index contributed by atoms with van der Waals surface area (Å²) in [5.74, 6) is -0.0702. The average Bonchev–Trinajstić information content (AvgIpc) is 3.30. The van der Waals surface area contributed by atoms with Gasteiger partial charge in [-0.3, -0.25) is 9.59 Å². The van der Waals surface area contributed by atoms with Crippen molar-refractivity contribution in [2.24, 2.45) is 0 Å². The molecule has 0 saturated heterocycles. The van der Waals surface area contributed by atoms with Gasteiger partial charge in [0.1, 0.15) is 17.4 Å². The van der Waals surface area contributed by atoms with Crippen LogP contribution in [0, 0.1) is 6.92 Å². The lowest BCUT2D eigenvalue weighted by Crippen LogP contribution is -2.32. The number of fused-ring (bicyclic) bond motifs is 1. The van der Waals surface area contributed by atoms with E-state index in [0.29, 0.717) is 39.0 Å². The Morgan fingerprint density at radius 1 is 0.892 bits per heavy atom. The predicted molar refractivity (Wildman–Crippen MR) is 150 cm³/mol. The number of aromatic nitrogens is 2. The maximum absolute atomic E-state index is 13.6. The van der Waals surface area contributed by atoms with Gasteiger partial charge >= 0.3 is 0 Å². The van der Waals surface area contributed by atoms with E-state index in [2.05, 4.69) is 37.0 Å². The van der Waals surface area contributed by atoms with Crippen molar-refractivity contribution >= 4 is 56.5 Å². The molecular weight excluding hydrogens is 554 g/mol. The summed E-state index contributed by atoms with van der Waals surface area (Å²) in [6.07, 6.45) is 1.52. The molecule has 186 valence electrons. The Kier molecular flexibility index (Phi) is 6.86. The molecule has 0 bridgehead atoms. The number of halogens is 2. The Morgan fingerprint density at radius 3 is 2.14 bits per heavy atom. The monoisotopic (exact) mass is 575 g/mol. The Bertz CT molecular complexity index is 1510. The first-order valence-corrected chi connectivity index (χ1v) is 12.7. The van der Waals surface area contributed by atoms with Crippen molar-refractivity contribution in [1.82, 2.24) is 9.78 Å². The third kappa shape index (κ3) is 5.16. The standard InChI is InChI=1S/C28H23BrClN5O2/c1-16-3-11-21(12-4-16)33-27(36)23-15-31-35-25(18-5-7-19(29)8-6-18)24(17(2)32-26(23)35)28(37)34-22-13-9-20(30)10-14-22/h3-15,25,32H,1-2H3,(H,33,36)(H,34,37)/t25-/m1/s1. The molecule has 37 heavy (non-hydrogen) atoms. The smallest absolute Gasteiger partial charge is 0.261 e. The second kappa shape index (κ2) is 10.2. The SMILES string of the molecule is CC1=C(C(=O)Nc2ccc(Cl)cc2)[C@@H](c2ccc(Br)cc2)n2ncc(C(=O)Nc3ccc(C)cc3)c2N1. The minimum Gasteiger partial charge on any atom is -0.343 e. The Hall–Kier alpha value is -3.88. The van der Waals surface area contributed by atoms with Gasteiger partial charge in [0, 0.05) is 26.6 Å². The van der Waals surface area contributed by atoms with Gasteiger partial charge in [0.15, 0.2) is 0 Å². The molecule has 1 aliphatic heterocycles. The van der Waals surface area contributed by atoms with Gasteiger partial charge in [-0.2, -0.15) is 5.10 Å². The van der Waals surface area contributed by atoms with E-state index >= 15 is 0 Å². The summed E-state index contributed by atoms with van der Waals surface area (Å²) in [7, 11) is 0. The van der Waals surface area contributed by atoms with Crippen LogP contribution in [-0.2, 0) is 4.79 Å². The number of amides is 2. The van der Waals surface area contributed by atoms with Crippen molar-refractivity contribution in [3.63, 3.8) is 0 Å². The summed E-state index contributed by atoms with van der Waals surface area (Å²) in [6, 6.07) is 21.6. The Balaban J connectivity index is 1.52. The number of hydrogen-bond donors (Lipinski definition) is 3. The van der Waals surface area contributed by atoms with Gasteiger partial charge in [-0.1, -0.05) is 57.4 Å². The molecule has 7 nitrogen and oxygen atoms in total. The zero-order valence-corrected chi connectivity index (χ0v) is 22.4. The van der Waals surface area contributed by atoms with Crippen LogP contribution in [0.1, 0.15) is 34.5 Å². The second-order valence-electron chi connectivity index (χ2n) is 8.75. The van der Waals surface area contributed by atoms with Crippen molar-refractivity contribution in [2.75, 3.05) is 16.0 Å². The number of rotatable bonds is 5. The molecule has 1 aliphatic rings. The molecule has 2 amide bonds. The summed E-state index contributed by atoms with van der Waals surface area (Å²) in [5.41, 5.74) is 4.74. The van der Waals surface area contributed by atoms with Crippen molar-refractivity contribution < 1.29 is 9.59 Å². The highest BCUT2D eigenvalue weighted by molar-refractivity contribution is 9.10. The van der Waals surface area contributed by atoms with Crippen LogP contribution < -0.4 is 16.0 Å². The topological polar surface area (TPSA) is 88.0 Å². The number of nitrogens with zero attached hydrogens (tertiary/aromatic N) is 2. The zero-order chi connectivity index (χ0) is 26.1. The van der Waals surface area contributed by atoms with E-state index in [1.54, 1.807) is 28.9 Å². The first-order valence-electron chi connectivity index (χ1n) is 11.6. The Morgan fingerprint density at radius 2 is 1.49 bits per heavy atom. The van der Waals surface area contributed by atoms with Crippen LogP contribution in [-0.4, -0.2) is 21.6 Å². The molecule has 0 fully saturated rings. The van der Waals surface area contributed by atoms with Crippen LogP contribution in [0.2, 0.25) is 5.02 Å². The van der Waals surface area contributed by atoms with Crippen molar-refractivity contribution in [3.05, 3.63) is 116 Å². The van der Waals surface area contributed by atoms with Gasteiger partial charge in [-0.25, -0.2) is 4.68 Å². The fourth-order valence-corrected chi connectivity index (χ4v) is 4.63. The van der Waals surface area contributed by atoms with Gasteiger partial charge in [0.25, 0.3) is 11.8 Å². The molecule has 0 aliphatic carbocycles. The normalized spacial score (nSPS) is 14.5. The molecule has 0 spiro atoms. The number of anilines is 3. The number of aryl methyl sites for hydroxylation is 1. The summed E-state index contributed by atoms with van der Waals surface area (Å²) >= 11 is 9.47. The molecule has 2 heterocycles. The highest BCUT2D eigenvalue weighted by Gasteiger charge is 2.35. The summed E-state index contributed by atoms with van der Waals surface area (Å²) < 4.78 is 2.59. The van der Waals surface area contributed by atoms with E-state index in [0.717, 1.165) is 15.6 Å². The molecule has 4 aromatic rings. The van der Waals surface area contributed by atoms with Gasteiger partial charge in [0.2, 0.25) is 0 Å². The molecule has 3 aromatic carbocycles. The second-order valence-corrected chi connectivity index (χ2v) is 10.1. The van der Waals surface area contributed by atoms with Crippen LogP contribution >= 0.6 is 27.5 Å². The van der Waals surface area contributed by atoms with Gasteiger partial charge in [-0.15, -0.1) is 0 Å². The summed E-state index contributed by atoms with van der Waals surface area (Å²) in [4.78, 5) is 26.8. The molecule has 0 unspecified atom stereocenters. The number of hydrogen-bond acceptors (Lipinski definition) is 4. The fraction of sp³-hybridized carbons (Fsp3) is 0.107. The van der Waals surface area contributed by atoms with Crippen molar-refractivity contribution in [2.45, 2.75) is 19.9 Å². The minimum atomic E-state index is -0.558. The average molecular weight is 577 g/mol. The lowest BCUT2D eigenvalue weighted by Gasteiger charge is -2.30. The Labute approximate surface area is 227 Å². The molecule has 0 radical (unpaired) electrons. The number of benzene rings is 3. The molecule has 0 saturated carbocycles. The van der Waals surface area contributed by atoms with Gasteiger partial charge in [0.05, 0.1) is 11.8 Å². The van der Waals surface area contributed by atoms with E-state index in [9.17, 15) is 9.59 Å². The van der Waals surface area contributed by atoms with Crippen LogP contribution in [0.4, 0.5) is 17.2 Å². The molecular formula is C28H23BrClN5O2. The highest BCUT2D eigenvalue weighted by atomic mass is 79.9. The summed E-state index contributed by atoms with van der Waals surface area (Å²) in [5, 5.41) is 14.3. The lowest BCUT2D eigenvalue weighted by atomic mass is 9.94. The first kappa shape index (κ1) is 24.8. The maximum Gasteiger partial charge on any atom is 0.261 e. The molecule has 5 rings (SSSR count). The predicted octanol–water partition coefficient (Wildman–Crippen LogP) is 6.79. The fourth-order valence-electron chi connectivity index (χ4n) is 4.24. The third-order valence-corrected chi connectivity index (χ3v) is 6.89. The van der Waals surface area contributed by atoms with Crippen LogP contribution in [0.15, 0.2) is 94.7 Å². The lowest BCUT2D eigenvalue weighted by molar-refractivity contribution is -0.113. The maximum atomic E-state index is 13.6. The van der Waals surface area contributed by atoms with E-state index < -0.39 is 6.04 Å². The van der Waals surface area contributed by atoms with E-state index in [-0.39, 0.29) is 11.8 Å². The molecule has 1 aromatic heterocycles. The molecule has 1 atom stereocenters. The summed E-state index contributed by atoms with van der Waals surface area (Å²) in [6.45, 7) is 3.81. The number of carbonyl (C=O) groups is 2. The first-order chi connectivity index (χ1) is 17.8. The van der Waals surface area contributed by atoms with Crippen molar-refractivity contribution in [1.29, 1.82) is 0 Å². The zero-order valence-electron chi connectivity index (χ0n) is 20.0. The van der Waals surface area contributed by atoms with E-state index in [1.807, 2.05) is 62.4 Å². The largest absolute Gasteiger partial charge is 0.343 e. The van der Waals surface area contributed by atoms with Crippen LogP contribution in [0.3, 0.4) is 0 Å². The third-order valence-electron chi connectivity index (χ3n) is 6.11.